The Morgan fingerprint density at radius 1 is 0.872 bits per heavy atom. The van der Waals surface area contributed by atoms with Crippen LogP contribution in [0.25, 0.3) is 0 Å². The van der Waals surface area contributed by atoms with Crippen molar-refractivity contribution in [3.05, 3.63) is 140 Å². The van der Waals surface area contributed by atoms with Crippen molar-refractivity contribution in [2.45, 2.75) is 11.8 Å². The Kier molecular flexibility index (Phi) is 6.83. The minimum Gasteiger partial charge on any atom is -0.450 e. The number of benzene rings is 4. The molecule has 1 aliphatic carbocycles. The fourth-order valence-electron chi connectivity index (χ4n) is 4.74. The predicted octanol–water partition coefficient (Wildman–Crippen LogP) is 5.75. The van der Waals surface area contributed by atoms with Crippen LogP contribution in [0.1, 0.15) is 23.1 Å². The van der Waals surface area contributed by atoms with Crippen LogP contribution in [0, 0.1) is 26.1 Å². The van der Waals surface area contributed by atoms with Gasteiger partial charge in [0, 0.05) is 11.5 Å². The van der Waals surface area contributed by atoms with Gasteiger partial charge in [0.15, 0.2) is 0 Å². The highest BCUT2D eigenvalue weighted by Gasteiger charge is 2.60. The Morgan fingerprint density at radius 3 is 2.15 bits per heavy atom. The molecule has 0 aliphatic heterocycles. The fourth-order valence-corrected chi connectivity index (χ4v) is 4.74. The molecule has 1 N–H and O–H groups in total. The van der Waals surface area contributed by atoms with E-state index in [0.717, 1.165) is 23.3 Å². The quantitative estimate of drug-likeness (QED) is 0.169. The SMILES string of the molecule is O=C(N/N=C\c1cccc(Oc2ccc([N+](=O)[O-])cc2[N+](=O)[O-])c1)[C@@H]1CC1(c1ccccc1)c1ccccc1. The zero-order chi connectivity index (χ0) is 27.4. The number of nitro benzene ring substituents is 2. The van der Waals surface area contributed by atoms with E-state index in [-0.39, 0.29) is 23.3 Å². The van der Waals surface area contributed by atoms with Gasteiger partial charge in [-0.3, -0.25) is 25.0 Å². The first-order valence-corrected chi connectivity index (χ1v) is 12.0. The molecule has 4 aromatic carbocycles. The van der Waals surface area contributed by atoms with Gasteiger partial charge in [0.05, 0.1) is 28.0 Å². The molecule has 4 aromatic rings. The third-order valence-corrected chi connectivity index (χ3v) is 6.68. The van der Waals surface area contributed by atoms with E-state index in [0.29, 0.717) is 12.0 Å². The standard InChI is InChI=1S/C29H22N4O6/c34-28(25-18-29(25,21-9-3-1-4-10-21)22-11-5-2-6-12-22)31-30-19-20-8-7-13-24(16-20)39-27-15-14-23(32(35)36)17-26(27)33(37)38/h1-17,19,25H,18H2,(H,31,34)/b30-19-/t25-/m0/s1. The van der Waals surface area contributed by atoms with Gasteiger partial charge < -0.3 is 4.74 Å². The molecule has 10 nitrogen and oxygen atoms in total. The monoisotopic (exact) mass is 522 g/mol. The molecule has 10 heteroatoms. The summed E-state index contributed by atoms with van der Waals surface area (Å²) in [6.45, 7) is 0. The summed E-state index contributed by atoms with van der Waals surface area (Å²) in [6, 6.07) is 29.6. The average Bonchev–Trinajstić information content (AvgIpc) is 3.71. The Balaban J connectivity index is 1.29. The van der Waals surface area contributed by atoms with E-state index in [1.807, 2.05) is 60.7 Å². The van der Waals surface area contributed by atoms with E-state index < -0.39 is 26.6 Å². The second-order valence-electron chi connectivity index (χ2n) is 9.04. The first kappa shape index (κ1) is 25.3. The Morgan fingerprint density at radius 2 is 1.54 bits per heavy atom. The molecule has 1 fully saturated rings. The van der Waals surface area contributed by atoms with Crippen molar-refractivity contribution >= 4 is 23.5 Å². The van der Waals surface area contributed by atoms with Crippen molar-refractivity contribution in [1.29, 1.82) is 0 Å². The number of non-ortho nitro benzene ring substituents is 1. The van der Waals surface area contributed by atoms with Crippen LogP contribution in [0.15, 0.2) is 108 Å². The van der Waals surface area contributed by atoms with Gasteiger partial charge in [0.25, 0.3) is 5.69 Å². The summed E-state index contributed by atoms with van der Waals surface area (Å²) in [5, 5.41) is 26.5. The second-order valence-corrected chi connectivity index (χ2v) is 9.04. The van der Waals surface area contributed by atoms with Gasteiger partial charge in [-0.1, -0.05) is 72.8 Å². The molecule has 39 heavy (non-hydrogen) atoms. The number of ether oxygens (including phenoxy) is 1. The van der Waals surface area contributed by atoms with E-state index in [1.54, 1.807) is 24.3 Å². The molecular weight excluding hydrogens is 500 g/mol. The number of carbonyl (C=O) groups is 1. The Bertz CT molecular complexity index is 1530. The number of nitro groups is 2. The summed E-state index contributed by atoms with van der Waals surface area (Å²) < 4.78 is 5.63. The molecule has 0 bridgehead atoms. The van der Waals surface area contributed by atoms with E-state index in [1.165, 1.54) is 12.3 Å². The molecule has 1 aliphatic rings. The van der Waals surface area contributed by atoms with Crippen LogP contribution in [0.2, 0.25) is 0 Å². The smallest absolute Gasteiger partial charge is 0.318 e. The van der Waals surface area contributed by atoms with Crippen LogP contribution >= 0.6 is 0 Å². The number of carbonyl (C=O) groups excluding carboxylic acids is 1. The van der Waals surface area contributed by atoms with E-state index >= 15 is 0 Å². The first-order chi connectivity index (χ1) is 18.9. The highest BCUT2D eigenvalue weighted by molar-refractivity contribution is 5.88. The molecule has 1 amide bonds. The lowest BCUT2D eigenvalue weighted by atomic mass is 9.85. The number of nitrogens with one attached hydrogen (secondary N) is 1. The molecule has 194 valence electrons. The van der Waals surface area contributed by atoms with E-state index in [4.69, 9.17) is 4.74 Å². The van der Waals surface area contributed by atoms with Crippen molar-refractivity contribution in [2.24, 2.45) is 11.0 Å². The Hall–Kier alpha value is -5.38. The lowest BCUT2D eigenvalue weighted by Gasteiger charge is -2.18. The molecule has 5 rings (SSSR count). The van der Waals surface area contributed by atoms with Gasteiger partial charge in [-0.25, -0.2) is 5.43 Å². The molecule has 0 unspecified atom stereocenters. The second kappa shape index (κ2) is 10.5. The zero-order valence-electron chi connectivity index (χ0n) is 20.5. The van der Waals surface area contributed by atoms with Crippen LogP contribution in [0.5, 0.6) is 11.5 Å². The number of hydrazone groups is 1. The Labute approximate surface area is 222 Å². The molecular formula is C29H22N4O6. The number of amides is 1. The summed E-state index contributed by atoms with van der Waals surface area (Å²) in [5.74, 6) is -0.360. The minimum absolute atomic E-state index is 0.139. The van der Waals surface area contributed by atoms with Gasteiger partial charge in [-0.05, 0) is 41.3 Å². The largest absolute Gasteiger partial charge is 0.450 e. The third-order valence-electron chi connectivity index (χ3n) is 6.68. The number of hydrogen-bond acceptors (Lipinski definition) is 7. The molecule has 0 aromatic heterocycles. The first-order valence-electron chi connectivity index (χ1n) is 12.0. The average molecular weight is 523 g/mol. The number of hydrogen-bond donors (Lipinski definition) is 1. The van der Waals surface area contributed by atoms with Crippen LogP contribution in [-0.2, 0) is 10.2 Å². The maximum atomic E-state index is 13.1. The summed E-state index contributed by atoms with van der Waals surface area (Å²) in [7, 11) is 0. The zero-order valence-corrected chi connectivity index (χ0v) is 20.5. The maximum Gasteiger partial charge on any atom is 0.318 e. The summed E-state index contributed by atoms with van der Waals surface area (Å²) >= 11 is 0. The molecule has 0 radical (unpaired) electrons. The molecule has 0 saturated heterocycles. The maximum absolute atomic E-state index is 13.1. The lowest BCUT2D eigenvalue weighted by molar-refractivity contribution is -0.394. The third kappa shape index (κ3) is 5.21. The molecule has 0 heterocycles. The minimum atomic E-state index is -0.744. The number of nitrogens with zero attached hydrogens (tertiary/aromatic N) is 3. The highest BCUT2D eigenvalue weighted by Crippen LogP contribution is 2.58. The van der Waals surface area contributed by atoms with Gasteiger partial charge in [0.1, 0.15) is 5.75 Å². The van der Waals surface area contributed by atoms with Crippen LogP contribution in [-0.4, -0.2) is 22.0 Å². The molecule has 1 atom stereocenters. The summed E-state index contributed by atoms with van der Waals surface area (Å²) in [4.78, 5) is 34.0. The van der Waals surface area contributed by atoms with Gasteiger partial charge in [-0.2, -0.15) is 5.10 Å². The van der Waals surface area contributed by atoms with Crippen LogP contribution in [0.4, 0.5) is 11.4 Å². The lowest BCUT2D eigenvalue weighted by Crippen LogP contribution is -2.25. The molecule has 1 saturated carbocycles. The normalized spacial score (nSPS) is 15.4. The van der Waals surface area contributed by atoms with Gasteiger partial charge >= 0.3 is 5.69 Å². The van der Waals surface area contributed by atoms with Crippen LogP contribution in [0.3, 0.4) is 0 Å². The van der Waals surface area contributed by atoms with Crippen molar-refractivity contribution in [3.8, 4) is 11.5 Å². The fraction of sp³-hybridized carbons (Fsp3) is 0.103. The highest BCUT2D eigenvalue weighted by atomic mass is 16.6. The van der Waals surface area contributed by atoms with Crippen LogP contribution < -0.4 is 10.2 Å². The van der Waals surface area contributed by atoms with E-state index in [9.17, 15) is 25.0 Å². The van der Waals surface area contributed by atoms with Crippen molar-refractivity contribution < 1.29 is 19.4 Å². The van der Waals surface area contributed by atoms with E-state index in [2.05, 4.69) is 10.5 Å². The summed E-state index contributed by atoms with van der Waals surface area (Å²) in [5.41, 5.74) is 4.01. The molecule has 0 spiro atoms. The van der Waals surface area contributed by atoms with Gasteiger partial charge in [0.2, 0.25) is 11.7 Å². The number of rotatable bonds is 9. The predicted molar refractivity (Wildman–Crippen MR) is 144 cm³/mol. The topological polar surface area (TPSA) is 137 Å². The van der Waals surface area contributed by atoms with Crippen molar-refractivity contribution in [2.75, 3.05) is 0 Å². The van der Waals surface area contributed by atoms with Crippen molar-refractivity contribution in [1.82, 2.24) is 5.43 Å². The summed E-state index contributed by atoms with van der Waals surface area (Å²) in [6.07, 6.45) is 2.11. The van der Waals surface area contributed by atoms with Crippen molar-refractivity contribution in [3.63, 3.8) is 0 Å². The van der Waals surface area contributed by atoms with Gasteiger partial charge in [-0.15, -0.1) is 0 Å².